The molecule has 1 amide bonds. The first-order valence-electron chi connectivity index (χ1n) is 10.2. The molecule has 3 aromatic rings. The van der Waals surface area contributed by atoms with Crippen molar-refractivity contribution in [2.24, 2.45) is 0 Å². The molecule has 0 heterocycles. The van der Waals surface area contributed by atoms with Crippen LogP contribution in [0.4, 0.5) is 5.69 Å². The smallest absolute Gasteiger partial charge is 0.338 e. The first-order valence-corrected chi connectivity index (χ1v) is 10.5. The van der Waals surface area contributed by atoms with Crippen molar-refractivity contribution in [1.29, 1.82) is 5.26 Å². The third kappa shape index (κ3) is 6.70. The van der Waals surface area contributed by atoms with E-state index in [0.29, 0.717) is 34.2 Å². The van der Waals surface area contributed by atoms with Gasteiger partial charge in [0.05, 0.1) is 17.2 Å². The molecule has 33 heavy (non-hydrogen) atoms. The summed E-state index contributed by atoms with van der Waals surface area (Å²) in [6, 6.07) is 22.8. The maximum atomic E-state index is 12.5. The lowest BCUT2D eigenvalue weighted by atomic mass is 10.1. The van der Waals surface area contributed by atoms with Gasteiger partial charge in [0.25, 0.3) is 5.91 Å². The third-order valence-electron chi connectivity index (χ3n) is 4.52. The maximum absolute atomic E-state index is 12.5. The van der Waals surface area contributed by atoms with Gasteiger partial charge in [-0.25, -0.2) is 4.79 Å². The lowest BCUT2D eigenvalue weighted by molar-refractivity contribution is -0.112. The average molecular weight is 461 g/mol. The van der Waals surface area contributed by atoms with Gasteiger partial charge in [0.15, 0.2) is 0 Å². The number of hydrogen-bond donors (Lipinski definition) is 1. The molecule has 3 rings (SSSR count). The standard InChI is InChI=1S/C26H21ClN2O4/c1-2-32-26(31)20-9-11-22(12-10-20)29-25(30)21(16-28)14-19-8-13-24(23(27)15-19)33-17-18-6-4-3-5-7-18/h3-15H,2,17H2,1H3,(H,29,30)/b21-14+. The molecule has 6 nitrogen and oxygen atoms in total. The fraction of sp³-hybridized carbons (Fsp3) is 0.115. The average Bonchev–Trinajstić information content (AvgIpc) is 2.83. The van der Waals surface area contributed by atoms with Crippen molar-refractivity contribution in [2.75, 3.05) is 11.9 Å². The topological polar surface area (TPSA) is 88.4 Å². The van der Waals surface area contributed by atoms with Gasteiger partial charge >= 0.3 is 5.97 Å². The summed E-state index contributed by atoms with van der Waals surface area (Å²) in [5, 5.41) is 12.5. The largest absolute Gasteiger partial charge is 0.487 e. The Kier molecular flexibility index (Phi) is 8.23. The van der Waals surface area contributed by atoms with E-state index in [1.165, 1.54) is 18.2 Å². The second kappa shape index (κ2) is 11.5. The van der Waals surface area contributed by atoms with E-state index in [0.717, 1.165) is 5.56 Å². The van der Waals surface area contributed by atoms with Gasteiger partial charge in [-0.2, -0.15) is 5.26 Å². The zero-order valence-corrected chi connectivity index (χ0v) is 18.6. The van der Waals surface area contributed by atoms with Crippen LogP contribution in [0.25, 0.3) is 6.08 Å². The van der Waals surface area contributed by atoms with Crippen LogP contribution in [0.1, 0.15) is 28.4 Å². The van der Waals surface area contributed by atoms with Crippen molar-refractivity contribution in [3.63, 3.8) is 0 Å². The number of nitrogens with zero attached hydrogens (tertiary/aromatic N) is 1. The van der Waals surface area contributed by atoms with Crippen LogP contribution >= 0.6 is 11.6 Å². The second-order valence-electron chi connectivity index (χ2n) is 6.89. The van der Waals surface area contributed by atoms with Crippen LogP contribution in [-0.2, 0) is 16.1 Å². The summed E-state index contributed by atoms with van der Waals surface area (Å²) >= 11 is 6.32. The molecule has 0 aliphatic rings. The number of esters is 1. The lowest BCUT2D eigenvalue weighted by Crippen LogP contribution is -2.13. The SMILES string of the molecule is CCOC(=O)c1ccc(NC(=O)/C(C#N)=C/c2ccc(OCc3ccccc3)c(Cl)c2)cc1. The first-order chi connectivity index (χ1) is 16.0. The Morgan fingerprint density at radius 2 is 1.79 bits per heavy atom. The monoisotopic (exact) mass is 460 g/mol. The molecule has 0 aromatic heterocycles. The molecule has 0 bridgehead atoms. The van der Waals surface area contributed by atoms with Crippen LogP contribution in [0.3, 0.4) is 0 Å². The summed E-state index contributed by atoms with van der Waals surface area (Å²) in [4.78, 5) is 24.2. The Bertz CT molecular complexity index is 1200. The number of carbonyl (C=O) groups excluding carboxylic acids is 2. The molecular weight excluding hydrogens is 440 g/mol. The Labute approximate surface area is 197 Å². The first kappa shape index (κ1) is 23.6. The molecule has 0 atom stereocenters. The van der Waals surface area contributed by atoms with Crippen molar-refractivity contribution in [2.45, 2.75) is 13.5 Å². The van der Waals surface area contributed by atoms with E-state index in [1.54, 1.807) is 37.3 Å². The van der Waals surface area contributed by atoms with Crippen LogP contribution in [0.15, 0.2) is 78.4 Å². The summed E-state index contributed by atoms with van der Waals surface area (Å²) < 4.78 is 10.7. The fourth-order valence-corrected chi connectivity index (χ4v) is 3.12. The molecule has 0 fully saturated rings. The quantitative estimate of drug-likeness (QED) is 0.267. The van der Waals surface area contributed by atoms with E-state index in [2.05, 4.69) is 5.32 Å². The van der Waals surface area contributed by atoms with Crippen molar-refractivity contribution in [3.8, 4) is 11.8 Å². The number of hydrogen-bond acceptors (Lipinski definition) is 5. The minimum Gasteiger partial charge on any atom is -0.487 e. The fourth-order valence-electron chi connectivity index (χ4n) is 2.88. The molecule has 0 radical (unpaired) electrons. The number of ether oxygens (including phenoxy) is 2. The van der Waals surface area contributed by atoms with Gasteiger partial charge in [-0.15, -0.1) is 0 Å². The van der Waals surface area contributed by atoms with Gasteiger partial charge in [-0.1, -0.05) is 48.0 Å². The van der Waals surface area contributed by atoms with Crippen LogP contribution in [-0.4, -0.2) is 18.5 Å². The number of anilines is 1. The molecule has 0 aliphatic carbocycles. The molecule has 166 valence electrons. The van der Waals surface area contributed by atoms with Gasteiger partial charge in [-0.3, -0.25) is 4.79 Å². The van der Waals surface area contributed by atoms with Crippen molar-refractivity contribution in [1.82, 2.24) is 0 Å². The number of nitrogens with one attached hydrogen (secondary N) is 1. The number of nitriles is 1. The van der Waals surface area contributed by atoms with E-state index in [1.807, 2.05) is 36.4 Å². The molecular formula is C26H21ClN2O4. The van der Waals surface area contributed by atoms with Gasteiger partial charge in [0, 0.05) is 5.69 Å². The Morgan fingerprint density at radius 1 is 1.06 bits per heavy atom. The van der Waals surface area contributed by atoms with Gasteiger partial charge in [0.1, 0.15) is 24.0 Å². The Morgan fingerprint density at radius 3 is 2.42 bits per heavy atom. The number of rotatable bonds is 8. The predicted molar refractivity (Wildman–Crippen MR) is 127 cm³/mol. The second-order valence-corrected chi connectivity index (χ2v) is 7.29. The zero-order valence-electron chi connectivity index (χ0n) is 17.9. The Hall–Kier alpha value is -4.08. The number of amides is 1. The molecule has 3 aromatic carbocycles. The summed E-state index contributed by atoms with van der Waals surface area (Å²) in [5.41, 5.74) is 2.30. The summed E-state index contributed by atoms with van der Waals surface area (Å²) in [6.07, 6.45) is 1.44. The van der Waals surface area contributed by atoms with Gasteiger partial charge in [-0.05, 0) is 60.5 Å². The van der Waals surface area contributed by atoms with Crippen LogP contribution < -0.4 is 10.1 Å². The normalized spacial score (nSPS) is 10.8. The number of benzene rings is 3. The lowest BCUT2D eigenvalue weighted by Gasteiger charge is -2.09. The van der Waals surface area contributed by atoms with E-state index in [-0.39, 0.29) is 12.2 Å². The molecule has 0 saturated carbocycles. The minimum atomic E-state index is -0.582. The van der Waals surface area contributed by atoms with E-state index in [9.17, 15) is 14.9 Å². The molecule has 0 saturated heterocycles. The predicted octanol–water partition coefficient (Wildman–Crippen LogP) is 5.64. The summed E-state index contributed by atoms with van der Waals surface area (Å²) in [5.74, 6) is -0.523. The van der Waals surface area contributed by atoms with Gasteiger partial charge in [0.2, 0.25) is 0 Å². The zero-order chi connectivity index (χ0) is 23.6. The highest BCUT2D eigenvalue weighted by atomic mass is 35.5. The molecule has 0 unspecified atom stereocenters. The Balaban J connectivity index is 1.66. The van der Waals surface area contributed by atoms with E-state index < -0.39 is 11.9 Å². The minimum absolute atomic E-state index is 0.0986. The molecule has 0 spiro atoms. The van der Waals surface area contributed by atoms with E-state index in [4.69, 9.17) is 21.1 Å². The highest BCUT2D eigenvalue weighted by Crippen LogP contribution is 2.27. The van der Waals surface area contributed by atoms with Crippen LogP contribution in [0.5, 0.6) is 5.75 Å². The van der Waals surface area contributed by atoms with Crippen molar-refractivity contribution in [3.05, 3.63) is 100 Å². The summed E-state index contributed by atoms with van der Waals surface area (Å²) in [6.45, 7) is 2.37. The van der Waals surface area contributed by atoms with Gasteiger partial charge < -0.3 is 14.8 Å². The van der Waals surface area contributed by atoms with Crippen molar-refractivity contribution >= 4 is 35.2 Å². The highest BCUT2D eigenvalue weighted by molar-refractivity contribution is 6.32. The third-order valence-corrected chi connectivity index (χ3v) is 4.82. The highest BCUT2D eigenvalue weighted by Gasteiger charge is 2.12. The number of carbonyl (C=O) groups is 2. The maximum Gasteiger partial charge on any atom is 0.338 e. The molecule has 1 N–H and O–H groups in total. The van der Waals surface area contributed by atoms with Crippen LogP contribution in [0, 0.1) is 11.3 Å². The van der Waals surface area contributed by atoms with E-state index >= 15 is 0 Å². The summed E-state index contributed by atoms with van der Waals surface area (Å²) in [7, 11) is 0. The van der Waals surface area contributed by atoms with Crippen LogP contribution in [0.2, 0.25) is 5.02 Å². The molecule has 7 heteroatoms. The molecule has 0 aliphatic heterocycles. The van der Waals surface area contributed by atoms with Crippen molar-refractivity contribution < 1.29 is 19.1 Å². The number of halogens is 1.